The summed E-state index contributed by atoms with van der Waals surface area (Å²) in [6, 6.07) is 6.62. The van der Waals surface area contributed by atoms with E-state index in [0.717, 1.165) is 42.0 Å². The van der Waals surface area contributed by atoms with Crippen LogP contribution < -0.4 is 20.7 Å². The number of phenolic OH excluding ortho intramolecular Hbond substituents is 2. The topological polar surface area (TPSA) is 239 Å². The maximum atomic E-state index is 13.5. The fourth-order valence-corrected chi connectivity index (χ4v) is 4.64. The monoisotopic (exact) mass is 656 g/mol. The molecule has 1 fully saturated rings. The molecule has 4 atom stereocenters. The Morgan fingerprint density at radius 1 is 1.00 bits per heavy atom. The van der Waals surface area contributed by atoms with E-state index in [1.807, 2.05) is 4.98 Å². The van der Waals surface area contributed by atoms with Crippen LogP contribution in [-0.4, -0.2) is 80.8 Å². The molecule has 47 heavy (non-hydrogen) atoms. The van der Waals surface area contributed by atoms with Crippen LogP contribution in [0.2, 0.25) is 0 Å². The molecule has 3 aromatic rings. The van der Waals surface area contributed by atoms with Crippen LogP contribution in [0, 0.1) is 6.92 Å². The molecule has 1 aliphatic heterocycles. The maximum Gasteiger partial charge on any atom is 0.371 e. The Kier molecular flexibility index (Phi) is 9.99. The molecule has 2 heterocycles. The largest absolute Gasteiger partial charge is 0.508 e. The highest BCUT2D eigenvalue weighted by Crippen LogP contribution is 2.36. The van der Waals surface area contributed by atoms with Crippen LogP contribution in [-0.2, 0) is 28.5 Å². The van der Waals surface area contributed by atoms with Gasteiger partial charge in [-0.05, 0) is 43.3 Å². The number of phenols is 2. The minimum absolute atomic E-state index is 0.0530. The number of aliphatic carboxylic acids is 1. The predicted octanol–water partition coefficient (Wildman–Crippen LogP) is 1.15. The van der Waals surface area contributed by atoms with E-state index < -0.39 is 83.5 Å². The van der Waals surface area contributed by atoms with Crippen molar-refractivity contribution in [1.29, 1.82) is 0 Å². The molecule has 17 nitrogen and oxygen atoms in total. The highest BCUT2D eigenvalue weighted by Gasteiger charge is 2.51. The van der Waals surface area contributed by atoms with Crippen LogP contribution in [0.25, 0.3) is 0 Å². The highest BCUT2D eigenvalue weighted by molar-refractivity contribution is 5.95. The van der Waals surface area contributed by atoms with Gasteiger partial charge in [-0.3, -0.25) is 19.1 Å². The minimum atomic E-state index is -1.54. The Balaban J connectivity index is 1.68. The summed E-state index contributed by atoms with van der Waals surface area (Å²) in [4.78, 5) is 76.2. The summed E-state index contributed by atoms with van der Waals surface area (Å²) in [5, 5.41) is 29.0. The standard InChI is InChI=1S/C30H28N2O15/c1-13-9-17(34)11-20(42-4)23(13)29(40)47-24-21(46-26(25(24)45-15(3)33)32-8-7-22(36)31-30(32)41)12-43-28(39)16-5-6-18(35)19(10-16)44-14(2)27(37)38/h5-11,21,24-26,34-35H,2,12H2,1,3-4H3,(H,37,38)(H,31,36,41)/t21-,24+,25+,26-/m0/s1. The molecule has 0 unspecified atom stereocenters. The molecule has 0 spiro atoms. The highest BCUT2D eigenvalue weighted by atomic mass is 16.7. The predicted molar refractivity (Wildman–Crippen MR) is 155 cm³/mol. The second kappa shape index (κ2) is 13.9. The first-order valence-corrected chi connectivity index (χ1v) is 13.5. The molecule has 17 heteroatoms. The van der Waals surface area contributed by atoms with Gasteiger partial charge in [0, 0.05) is 25.3 Å². The quantitative estimate of drug-likeness (QED) is 0.0980. The number of carboxylic acid groups (broad SMARTS) is 1. The van der Waals surface area contributed by atoms with Gasteiger partial charge < -0.3 is 43.7 Å². The zero-order valence-electron chi connectivity index (χ0n) is 25.0. The minimum Gasteiger partial charge on any atom is -0.508 e. The van der Waals surface area contributed by atoms with Gasteiger partial charge in [-0.2, -0.15) is 0 Å². The molecule has 248 valence electrons. The van der Waals surface area contributed by atoms with Crippen molar-refractivity contribution in [3.63, 3.8) is 0 Å². The van der Waals surface area contributed by atoms with Gasteiger partial charge >= 0.3 is 29.6 Å². The molecule has 2 aromatic carbocycles. The van der Waals surface area contributed by atoms with E-state index >= 15 is 0 Å². The summed E-state index contributed by atoms with van der Waals surface area (Å²) in [7, 11) is 1.25. The van der Waals surface area contributed by atoms with E-state index in [4.69, 9.17) is 33.5 Å². The van der Waals surface area contributed by atoms with E-state index in [2.05, 4.69) is 6.58 Å². The van der Waals surface area contributed by atoms with Crippen LogP contribution in [0.3, 0.4) is 0 Å². The summed E-state index contributed by atoms with van der Waals surface area (Å²) >= 11 is 0. The number of hydrogen-bond donors (Lipinski definition) is 4. The number of esters is 3. The smallest absolute Gasteiger partial charge is 0.371 e. The third kappa shape index (κ3) is 7.59. The second-order valence-electron chi connectivity index (χ2n) is 9.98. The lowest BCUT2D eigenvalue weighted by Gasteiger charge is -2.25. The SMILES string of the molecule is C=C(Oc1cc(C(=O)OC[C@@H]2O[C@H](n3ccc(=O)[nH]c3=O)[C@H](OC(C)=O)[C@@H]2OC(=O)c2c(C)cc(O)cc2OC)ccc1O)C(=O)O. The Labute approximate surface area is 264 Å². The molecule has 0 bridgehead atoms. The van der Waals surface area contributed by atoms with Gasteiger partial charge in [0.2, 0.25) is 5.76 Å². The van der Waals surface area contributed by atoms with Crippen LogP contribution in [0.5, 0.6) is 23.0 Å². The number of benzene rings is 2. The van der Waals surface area contributed by atoms with E-state index in [1.165, 1.54) is 26.2 Å². The fraction of sp³-hybridized carbons (Fsp3) is 0.267. The zero-order chi connectivity index (χ0) is 34.6. The number of aromatic hydroxyl groups is 2. The molecular formula is C30H28N2O15. The third-order valence-corrected chi connectivity index (χ3v) is 6.71. The maximum absolute atomic E-state index is 13.5. The summed E-state index contributed by atoms with van der Waals surface area (Å²) in [5.74, 6) is -6.35. The van der Waals surface area contributed by atoms with Crippen molar-refractivity contribution < 1.29 is 62.9 Å². The first-order chi connectivity index (χ1) is 22.2. The van der Waals surface area contributed by atoms with Crippen molar-refractivity contribution in [2.24, 2.45) is 0 Å². The lowest BCUT2D eigenvalue weighted by atomic mass is 10.1. The van der Waals surface area contributed by atoms with Gasteiger partial charge in [-0.15, -0.1) is 0 Å². The molecule has 4 rings (SSSR count). The lowest BCUT2D eigenvalue weighted by molar-refractivity contribution is -0.156. The molecule has 1 aliphatic rings. The van der Waals surface area contributed by atoms with Crippen molar-refractivity contribution in [2.75, 3.05) is 13.7 Å². The molecular weight excluding hydrogens is 628 g/mol. The first kappa shape index (κ1) is 33.8. The number of carboxylic acids is 1. The number of nitrogens with one attached hydrogen (secondary N) is 1. The molecule has 0 saturated carbocycles. The molecule has 4 N–H and O–H groups in total. The molecule has 0 aliphatic carbocycles. The molecule has 1 saturated heterocycles. The van der Waals surface area contributed by atoms with Crippen molar-refractivity contribution in [1.82, 2.24) is 9.55 Å². The van der Waals surface area contributed by atoms with E-state index in [9.17, 15) is 39.0 Å². The number of nitrogens with zero attached hydrogens (tertiary/aromatic N) is 1. The van der Waals surface area contributed by atoms with Crippen LogP contribution in [0.15, 0.2) is 64.5 Å². The zero-order valence-corrected chi connectivity index (χ0v) is 25.0. The molecule has 0 amide bonds. The Morgan fingerprint density at radius 2 is 1.72 bits per heavy atom. The van der Waals surface area contributed by atoms with E-state index in [0.29, 0.717) is 0 Å². The average Bonchev–Trinajstić information content (AvgIpc) is 3.31. The van der Waals surface area contributed by atoms with Crippen molar-refractivity contribution in [2.45, 2.75) is 38.4 Å². The number of carbonyl (C=O) groups excluding carboxylic acids is 3. The second-order valence-corrected chi connectivity index (χ2v) is 9.98. The van der Waals surface area contributed by atoms with Crippen molar-refractivity contribution >= 4 is 23.9 Å². The number of aromatic amines is 1. The summed E-state index contributed by atoms with van der Waals surface area (Å²) in [6.07, 6.45) is -4.91. The number of methoxy groups -OCH3 is 1. The summed E-state index contributed by atoms with van der Waals surface area (Å²) in [6.45, 7) is 5.07. The van der Waals surface area contributed by atoms with Crippen molar-refractivity contribution in [3.8, 4) is 23.0 Å². The van der Waals surface area contributed by atoms with Crippen LogP contribution in [0.4, 0.5) is 0 Å². The van der Waals surface area contributed by atoms with Gasteiger partial charge in [0.1, 0.15) is 29.8 Å². The number of hydrogen-bond acceptors (Lipinski definition) is 14. The molecule has 1 aromatic heterocycles. The van der Waals surface area contributed by atoms with Gasteiger partial charge in [-0.25, -0.2) is 19.2 Å². The van der Waals surface area contributed by atoms with Crippen LogP contribution in [0.1, 0.15) is 39.4 Å². The third-order valence-electron chi connectivity index (χ3n) is 6.71. The normalized spacial score (nSPS) is 18.5. The average molecular weight is 657 g/mol. The number of H-pyrrole nitrogens is 1. The number of ether oxygens (including phenoxy) is 6. The van der Waals surface area contributed by atoms with Gasteiger partial charge in [0.25, 0.3) is 5.56 Å². The fourth-order valence-electron chi connectivity index (χ4n) is 4.64. The van der Waals surface area contributed by atoms with E-state index in [1.54, 1.807) is 0 Å². The summed E-state index contributed by atoms with van der Waals surface area (Å²) in [5.41, 5.74) is -1.76. The Morgan fingerprint density at radius 3 is 2.36 bits per heavy atom. The van der Waals surface area contributed by atoms with E-state index in [-0.39, 0.29) is 28.2 Å². The number of rotatable bonds is 11. The lowest BCUT2D eigenvalue weighted by Crippen LogP contribution is -2.42. The molecule has 0 radical (unpaired) electrons. The first-order valence-electron chi connectivity index (χ1n) is 13.5. The van der Waals surface area contributed by atoms with Gasteiger partial charge in [0.15, 0.2) is 29.9 Å². The van der Waals surface area contributed by atoms with Gasteiger partial charge in [-0.1, -0.05) is 0 Å². The number of aryl methyl sites for hydroxylation is 1. The van der Waals surface area contributed by atoms with Crippen LogP contribution >= 0.6 is 0 Å². The van der Waals surface area contributed by atoms with Gasteiger partial charge in [0.05, 0.1) is 12.7 Å². The van der Waals surface area contributed by atoms with Crippen molar-refractivity contribution in [3.05, 3.63) is 92.5 Å². The summed E-state index contributed by atoms with van der Waals surface area (Å²) < 4.78 is 33.6. The Hall–Kier alpha value is -6.10. The number of carbonyl (C=O) groups is 4. The number of aromatic nitrogens is 2. The Bertz CT molecular complexity index is 1860.